The Morgan fingerprint density at radius 1 is 1.29 bits per heavy atom. The van der Waals surface area contributed by atoms with Gasteiger partial charge in [-0.3, -0.25) is 0 Å². The molecule has 2 heterocycles. The summed E-state index contributed by atoms with van der Waals surface area (Å²) >= 11 is 0. The fraction of sp³-hybridized carbons (Fsp3) is 1.00. The van der Waals surface area contributed by atoms with E-state index in [1.165, 1.54) is 0 Å². The lowest BCUT2D eigenvalue weighted by molar-refractivity contribution is 0.186. The van der Waals surface area contributed by atoms with Crippen LogP contribution >= 0.6 is 0 Å². The highest BCUT2D eigenvalue weighted by Gasteiger charge is 2.23. The van der Waals surface area contributed by atoms with Crippen LogP contribution in [0.15, 0.2) is 0 Å². The summed E-state index contributed by atoms with van der Waals surface area (Å²) in [4.78, 5) is 0. The SMILES string of the molecule is O=S(=O)(CC1CCCNC1)NCC1CCOC1. The van der Waals surface area contributed by atoms with Crippen molar-refractivity contribution in [2.45, 2.75) is 19.3 Å². The largest absolute Gasteiger partial charge is 0.381 e. The van der Waals surface area contributed by atoms with Crippen LogP contribution in [0.1, 0.15) is 19.3 Å². The second-order valence-electron chi connectivity index (χ2n) is 5.07. The monoisotopic (exact) mass is 262 g/mol. The molecule has 0 bridgehead atoms. The average Bonchev–Trinajstić information content (AvgIpc) is 2.80. The van der Waals surface area contributed by atoms with Crippen molar-refractivity contribution in [3.63, 3.8) is 0 Å². The van der Waals surface area contributed by atoms with Crippen LogP contribution in [0.3, 0.4) is 0 Å². The highest BCUT2D eigenvalue weighted by atomic mass is 32.2. The van der Waals surface area contributed by atoms with E-state index in [1.807, 2.05) is 0 Å². The predicted molar refractivity (Wildman–Crippen MR) is 66.3 cm³/mol. The summed E-state index contributed by atoms with van der Waals surface area (Å²) in [6.07, 6.45) is 3.06. The molecule has 0 aromatic heterocycles. The van der Waals surface area contributed by atoms with E-state index >= 15 is 0 Å². The Morgan fingerprint density at radius 2 is 2.18 bits per heavy atom. The lowest BCUT2D eigenvalue weighted by atomic mass is 10.0. The first kappa shape index (κ1) is 13.3. The number of rotatable bonds is 5. The number of piperidine rings is 1. The van der Waals surface area contributed by atoms with Gasteiger partial charge >= 0.3 is 0 Å². The summed E-state index contributed by atoms with van der Waals surface area (Å²) in [5.74, 6) is 0.878. The number of ether oxygens (including phenoxy) is 1. The van der Waals surface area contributed by atoms with Crippen molar-refractivity contribution in [2.24, 2.45) is 11.8 Å². The second-order valence-corrected chi connectivity index (χ2v) is 6.92. The fourth-order valence-corrected chi connectivity index (χ4v) is 3.94. The third kappa shape index (κ3) is 4.54. The van der Waals surface area contributed by atoms with Crippen molar-refractivity contribution in [2.75, 3.05) is 38.6 Å². The molecule has 17 heavy (non-hydrogen) atoms. The normalized spacial score (nSPS) is 30.6. The molecule has 100 valence electrons. The molecule has 2 unspecified atom stereocenters. The molecule has 0 radical (unpaired) electrons. The molecule has 5 nitrogen and oxygen atoms in total. The molecule has 0 aromatic rings. The summed E-state index contributed by atoms with van der Waals surface area (Å²) in [5, 5.41) is 3.24. The average molecular weight is 262 g/mol. The van der Waals surface area contributed by atoms with Crippen LogP contribution in [-0.4, -0.2) is 47.0 Å². The molecule has 2 fully saturated rings. The molecule has 2 N–H and O–H groups in total. The van der Waals surface area contributed by atoms with Crippen LogP contribution in [-0.2, 0) is 14.8 Å². The third-order valence-corrected chi connectivity index (χ3v) is 4.99. The van der Waals surface area contributed by atoms with Crippen LogP contribution in [0.4, 0.5) is 0 Å². The lowest BCUT2D eigenvalue weighted by Crippen LogP contribution is -2.39. The molecule has 0 aromatic carbocycles. The molecule has 2 aliphatic heterocycles. The molecule has 2 saturated heterocycles. The minimum Gasteiger partial charge on any atom is -0.381 e. The van der Waals surface area contributed by atoms with E-state index in [1.54, 1.807) is 0 Å². The molecule has 0 amide bonds. The van der Waals surface area contributed by atoms with Gasteiger partial charge in [0, 0.05) is 13.2 Å². The molecule has 6 heteroatoms. The zero-order valence-electron chi connectivity index (χ0n) is 10.2. The predicted octanol–water partition coefficient (Wildman–Crippen LogP) is -0.0581. The van der Waals surface area contributed by atoms with Gasteiger partial charge in [-0.15, -0.1) is 0 Å². The number of sulfonamides is 1. The van der Waals surface area contributed by atoms with Crippen molar-refractivity contribution >= 4 is 10.0 Å². The molecular weight excluding hydrogens is 240 g/mol. The van der Waals surface area contributed by atoms with Crippen molar-refractivity contribution < 1.29 is 13.2 Å². The van der Waals surface area contributed by atoms with Gasteiger partial charge in [0.15, 0.2) is 0 Å². The molecule has 2 rings (SSSR count). The first-order chi connectivity index (χ1) is 8.16. The minimum atomic E-state index is -3.11. The van der Waals surface area contributed by atoms with Crippen LogP contribution < -0.4 is 10.0 Å². The van der Waals surface area contributed by atoms with Gasteiger partial charge in [0.1, 0.15) is 0 Å². The Balaban J connectivity index is 1.73. The quantitative estimate of drug-likeness (QED) is 0.728. The summed E-state index contributed by atoms with van der Waals surface area (Å²) in [5.41, 5.74) is 0. The summed E-state index contributed by atoms with van der Waals surface area (Å²) in [7, 11) is -3.11. The van der Waals surface area contributed by atoms with E-state index in [9.17, 15) is 8.42 Å². The van der Waals surface area contributed by atoms with Gasteiger partial charge in [-0.2, -0.15) is 0 Å². The van der Waals surface area contributed by atoms with Crippen LogP contribution in [0.2, 0.25) is 0 Å². The highest BCUT2D eigenvalue weighted by Crippen LogP contribution is 2.14. The molecule has 0 saturated carbocycles. The van der Waals surface area contributed by atoms with Crippen molar-refractivity contribution in [1.29, 1.82) is 0 Å². The van der Waals surface area contributed by atoms with Crippen molar-refractivity contribution in [3.05, 3.63) is 0 Å². The molecule has 0 spiro atoms. The van der Waals surface area contributed by atoms with E-state index in [2.05, 4.69) is 10.0 Å². The van der Waals surface area contributed by atoms with E-state index in [-0.39, 0.29) is 11.7 Å². The maximum atomic E-state index is 11.9. The summed E-state index contributed by atoms with van der Waals surface area (Å²) in [6.45, 7) is 3.83. The van der Waals surface area contributed by atoms with Gasteiger partial charge in [0.05, 0.1) is 12.4 Å². The standard InChI is InChI=1S/C11H22N2O3S/c14-17(15,9-11-2-1-4-12-6-11)13-7-10-3-5-16-8-10/h10-13H,1-9H2. The van der Waals surface area contributed by atoms with Crippen LogP contribution in [0, 0.1) is 11.8 Å². The van der Waals surface area contributed by atoms with Gasteiger partial charge < -0.3 is 10.1 Å². The van der Waals surface area contributed by atoms with Gasteiger partial charge in [-0.05, 0) is 44.2 Å². The van der Waals surface area contributed by atoms with Crippen molar-refractivity contribution in [1.82, 2.24) is 10.0 Å². The number of hydrogen-bond acceptors (Lipinski definition) is 4. The van der Waals surface area contributed by atoms with Gasteiger partial charge in [-0.25, -0.2) is 13.1 Å². The number of hydrogen-bond donors (Lipinski definition) is 2. The van der Waals surface area contributed by atoms with Gasteiger partial charge in [-0.1, -0.05) is 0 Å². The van der Waals surface area contributed by atoms with E-state index < -0.39 is 10.0 Å². The lowest BCUT2D eigenvalue weighted by Gasteiger charge is -2.22. The van der Waals surface area contributed by atoms with Crippen molar-refractivity contribution in [3.8, 4) is 0 Å². The minimum absolute atomic E-state index is 0.258. The summed E-state index contributed by atoms with van der Waals surface area (Å²) < 4.78 is 31.7. The Hall–Kier alpha value is -0.170. The maximum Gasteiger partial charge on any atom is 0.211 e. The van der Waals surface area contributed by atoms with Crippen LogP contribution in [0.5, 0.6) is 0 Å². The Labute approximate surface area is 103 Å². The Morgan fingerprint density at radius 3 is 2.82 bits per heavy atom. The zero-order chi connectivity index (χ0) is 12.1. The summed E-state index contributed by atoms with van der Waals surface area (Å²) in [6, 6.07) is 0. The maximum absolute atomic E-state index is 11.9. The molecule has 0 aliphatic carbocycles. The van der Waals surface area contributed by atoms with E-state index in [0.717, 1.165) is 39.0 Å². The molecular formula is C11H22N2O3S. The van der Waals surface area contributed by atoms with E-state index in [0.29, 0.717) is 19.1 Å². The van der Waals surface area contributed by atoms with Gasteiger partial charge in [0.2, 0.25) is 10.0 Å². The first-order valence-corrected chi connectivity index (χ1v) is 8.07. The first-order valence-electron chi connectivity index (χ1n) is 6.41. The second kappa shape index (κ2) is 6.13. The third-order valence-electron chi connectivity index (χ3n) is 3.47. The number of nitrogens with one attached hydrogen (secondary N) is 2. The topological polar surface area (TPSA) is 67.4 Å². The van der Waals surface area contributed by atoms with Crippen LogP contribution in [0.25, 0.3) is 0 Å². The highest BCUT2D eigenvalue weighted by molar-refractivity contribution is 7.89. The molecule has 2 aliphatic rings. The van der Waals surface area contributed by atoms with E-state index in [4.69, 9.17) is 4.74 Å². The Kier molecular flexibility index (Phi) is 4.78. The fourth-order valence-electron chi connectivity index (χ4n) is 2.42. The smallest absolute Gasteiger partial charge is 0.211 e. The Bertz CT molecular complexity index is 320. The zero-order valence-corrected chi connectivity index (χ0v) is 11.0. The van der Waals surface area contributed by atoms with Gasteiger partial charge in [0.25, 0.3) is 0 Å². The molecule has 2 atom stereocenters.